The average molecular weight is 561 g/mol. The first-order valence-electron chi connectivity index (χ1n) is 15.1. The van der Waals surface area contributed by atoms with Gasteiger partial charge in [0.15, 0.2) is 0 Å². The molecule has 0 fully saturated rings. The molecule has 0 bridgehead atoms. The van der Waals surface area contributed by atoms with E-state index in [2.05, 4.69) is 20.8 Å². The van der Waals surface area contributed by atoms with Gasteiger partial charge in [-0.2, -0.15) is 0 Å². The summed E-state index contributed by atoms with van der Waals surface area (Å²) in [6.07, 6.45) is 10.7. The summed E-state index contributed by atoms with van der Waals surface area (Å²) < 4.78 is 33.3. The van der Waals surface area contributed by atoms with Crippen LogP contribution in [0, 0.1) is 5.41 Å². The monoisotopic (exact) mass is 560 g/mol. The van der Waals surface area contributed by atoms with Gasteiger partial charge in [0.2, 0.25) is 0 Å². The molecule has 0 atom stereocenters. The average Bonchev–Trinajstić information content (AvgIpc) is 2.92. The largest absolute Gasteiger partial charge is 0.463 e. The van der Waals surface area contributed by atoms with Crippen molar-refractivity contribution in [2.24, 2.45) is 5.41 Å². The van der Waals surface area contributed by atoms with E-state index in [1.54, 1.807) is 0 Å². The van der Waals surface area contributed by atoms with Gasteiger partial charge in [0, 0.05) is 24.7 Å². The van der Waals surface area contributed by atoms with Crippen LogP contribution in [0.25, 0.3) is 0 Å². The maximum Gasteiger partial charge on any atom is 0.305 e. The van der Waals surface area contributed by atoms with Crippen LogP contribution in [-0.4, -0.2) is 77.4 Å². The molecule has 0 aromatic rings. The third-order valence-electron chi connectivity index (χ3n) is 6.40. The highest BCUT2D eigenvalue weighted by atomic mass is 16.6. The van der Waals surface area contributed by atoms with Gasteiger partial charge in [-0.15, -0.1) is 0 Å². The lowest BCUT2D eigenvalue weighted by Gasteiger charge is -2.32. The molecule has 0 rings (SSSR count). The molecule has 0 aromatic heterocycles. The van der Waals surface area contributed by atoms with Crippen molar-refractivity contribution in [1.29, 1.82) is 0 Å². The van der Waals surface area contributed by atoms with E-state index < -0.39 is 5.41 Å². The first-order chi connectivity index (χ1) is 18.9. The van der Waals surface area contributed by atoms with Crippen LogP contribution in [-0.2, 0) is 42.8 Å². The lowest BCUT2D eigenvalue weighted by Crippen LogP contribution is -2.38. The van der Waals surface area contributed by atoms with Crippen molar-refractivity contribution in [3.05, 3.63) is 0 Å². The van der Waals surface area contributed by atoms with Crippen LogP contribution in [0.15, 0.2) is 0 Å². The summed E-state index contributed by atoms with van der Waals surface area (Å²) in [7, 11) is 0. The Kier molecular flexibility index (Phi) is 25.3. The maximum absolute atomic E-state index is 11.8. The Bertz CT molecular complexity index is 530. The summed E-state index contributed by atoms with van der Waals surface area (Å²) in [5.74, 6) is -0.600. The van der Waals surface area contributed by atoms with Crippen molar-refractivity contribution < 1.29 is 42.8 Å². The summed E-state index contributed by atoms with van der Waals surface area (Å²) in [5, 5.41) is 0. The van der Waals surface area contributed by atoms with Crippen molar-refractivity contribution in [2.45, 2.75) is 111 Å². The Labute approximate surface area is 236 Å². The molecule has 39 heavy (non-hydrogen) atoms. The van der Waals surface area contributed by atoms with E-state index in [1.807, 2.05) is 6.92 Å². The maximum atomic E-state index is 11.8. The summed E-state index contributed by atoms with van der Waals surface area (Å²) in [6, 6.07) is 0. The van der Waals surface area contributed by atoms with E-state index in [4.69, 9.17) is 28.4 Å². The highest BCUT2D eigenvalue weighted by Crippen LogP contribution is 2.24. The van der Waals surface area contributed by atoms with Gasteiger partial charge in [0.05, 0.1) is 39.6 Å². The standard InChI is InChI=1S/C30H56O9/c1-5-9-12-15-27(31)37-21-18-34-24-30(8-4,25-35-19-22-38-28(32)16-13-10-6-2)26-36-20-23-39-29(33)17-14-11-7-3/h5-26H2,1-4H3. The third kappa shape index (κ3) is 22.8. The van der Waals surface area contributed by atoms with E-state index >= 15 is 0 Å². The van der Waals surface area contributed by atoms with E-state index in [0.29, 0.717) is 39.1 Å². The number of unbranched alkanes of at least 4 members (excludes halogenated alkanes) is 6. The van der Waals surface area contributed by atoms with Gasteiger partial charge in [-0.1, -0.05) is 66.2 Å². The Morgan fingerprint density at radius 1 is 0.462 bits per heavy atom. The number of carbonyl (C=O) groups is 3. The molecule has 0 aliphatic rings. The van der Waals surface area contributed by atoms with E-state index in [1.165, 1.54) is 0 Å². The lowest BCUT2D eigenvalue weighted by atomic mass is 9.88. The predicted octanol–water partition coefficient (Wildman–Crippen LogP) is 5.80. The van der Waals surface area contributed by atoms with Gasteiger partial charge in [-0.05, 0) is 25.7 Å². The van der Waals surface area contributed by atoms with E-state index in [9.17, 15) is 14.4 Å². The van der Waals surface area contributed by atoms with E-state index in [-0.39, 0.29) is 57.5 Å². The molecule has 0 saturated heterocycles. The Morgan fingerprint density at radius 3 is 1.03 bits per heavy atom. The number of carbonyl (C=O) groups excluding carboxylic acids is 3. The molecule has 0 aliphatic carbocycles. The van der Waals surface area contributed by atoms with Crippen LogP contribution in [0.3, 0.4) is 0 Å². The van der Waals surface area contributed by atoms with Crippen molar-refractivity contribution >= 4 is 17.9 Å². The lowest BCUT2D eigenvalue weighted by molar-refractivity contribution is -0.147. The molecule has 0 N–H and O–H groups in total. The Hall–Kier alpha value is -1.71. The van der Waals surface area contributed by atoms with Gasteiger partial charge in [-0.25, -0.2) is 0 Å². The summed E-state index contributed by atoms with van der Waals surface area (Å²) in [6.45, 7) is 10.8. The molecule has 0 saturated carbocycles. The highest BCUT2D eigenvalue weighted by Gasteiger charge is 2.30. The second-order valence-corrected chi connectivity index (χ2v) is 10.0. The van der Waals surface area contributed by atoms with Crippen molar-refractivity contribution in [2.75, 3.05) is 59.5 Å². The zero-order valence-electron chi connectivity index (χ0n) is 25.2. The predicted molar refractivity (Wildman–Crippen MR) is 150 cm³/mol. The van der Waals surface area contributed by atoms with Gasteiger partial charge >= 0.3 is 17.9 Å². The molecule has 0 amide bonds. The SMILES string of the molecule is CCCCCC(=O)OCCOCC(CC)(COCCOC(=O)CCCCC)COCCOC(=O)CCCCC. The second kappa shape index (κ2) is 26.5. The first-order valence-corrected chi connectivity index (χ1v) is 15.1. The molecule has 0 radical (unpaired) electrons. The fourth-order valence-corrected chi connectivity index (χ4v) is 3.72. The molecule has 230 valence electrons. The van der Waals surface area contributed by atoms with Crippen LogP contribution in [0.1, 0.15) is 111 Å². The first kappa shape index (κ1) is 37.3. The molecule has 9 nitrogen and oxygen atoms in total. The third-order valence-corrected chi connectivity index (χ3v) is 6.40. The Balaban J connectivity index is 4.53. The zero-order chi connectivity index (χ0) is 29.0. The minimum atomic E-state index is -0.443. The van der Waals surface area contributed by atoms with Crippen LogP contribution < -0.4 is 0 Å². The number of ether oxygens (including phenoxy) is 6. The van der Waals surface area contributed by atoms with Gasteiger partial charge in [-0.3, -0.25) is 14.4 Å². The van der Waals surface area contributed by atoms with Crippen molar-refractivity contribution in [3.63, 3.8) is 0 Å². The van der Waals surface area contributed by atoms with Crippen LogP contribution >= 0.6 is 0 Å². The zero-order valence-corrected chi connectivity index (χ0v) is 25.2. The smallest absolute Gasteiger partial charge is 0.305 e. The normalized spacial score (nSPS) is 11.4. The fraction of sp³-hybridized carbons (Fsp3) is 0.900. The van der Waals surface area contributed by atoms with Gasteiger partial charge in [0.1, 0.15) is 19.8 Å². The highest BCUT2D eigenvalue weighted by molar-refractivity contribution is 5.69. The minimum Gasteiger partial charge on any atom is -0.463 e. The number of esters is 3. The molecule has 0 aliphatic heterocycles. The molecule has 0 aromatic carbocycles. The van der Waals surface area contributed by atoms with E-state index in [0.717, 1.165) is 64.2 Å². The Morgan fingerprint density at radius 2 is 0.769 bits per heavy atom. The number of hydrogen-bond acceptors (Lipinski definition) is 9. The molecular weight excluding hydrogens is 504 g/mol. The van der Waals surface area contributed by atoms with Crippen molar-refractivity contribution in [3.8, 4) is 0 Å². The van der Waals surface area contributed by atoms with Gasteiger partial charge < -0.3 is 28.4 Å². The topological polar surface area (TPSA) is 107 Å². The minimum absolute atomic E-state index is 0.200. The van der Waals surface area contributed by atoms with Crippen molar-refractivity contribution in [1.82, 2.24) is 0 Å². The summed E-state index contributed by atoms with van der Waals surface area (Å²) in [4.78, 5) is 35.4. The fourth-order valence-electron chi connectivity index (χ4n) is 3.72. The van der Waals surface area contributed by atoms with Crippen LogP contribution in [0.2, 0.25) is 0 Å². The number of hydrogen-bond donors (Lipinski definition) is 0. The van der Waals surface area contributed by atoms with Gasteiger partial charge in [0.25, 0.3) is 0 Å². The summed E-state index contributed by atoms with van der Waals surface area (Å²) in [5.41, 5.74) is -0.443. The number of rotatable bonds is 28. The van der Waals surface area contributed by atoms with Crippen LogP contribution in [0.5, 0.6) is 0 Å². The molecule has 0 heterocycles. The molecule has 9 heteroatoms. The molecule has 0 spiro atoms. The summed E-state index contributed by atoms with van der Waals surface area (Å²) >= 11 is 0. The second-order valence-electron chi connectivity index (χ2n) is 10.0. The van der Waals surface area contributed by atoms with Crippen LogP contribution in [0.4, 0.5) is 0 Å². The quantitative estimate of drug-likeness (QED) is 0.0666. The molecular formula is C30H56O9. The molecule has 0 unspecified atom stereocenters.